The second kappa shape index (κ2) is 6.05. The van der Waals surface area contributed by atoms with E-state index >= 15 is 0 Å². The highest BCUT2D eigenvalue weighted by Gasteiger charge is 2.15. The van der Waals surface area contributed by atoms with E-state index in [1.165, 1.54) is 31.9 Å². The summed E-state index contributed by atoms with van der Waals surface area (Å²) in [5, 5.41) is 3.21. The van der Waals surface area contributed by atoms with Crippen molar-refractivity contribution in [3.8, 4) is 0 Å². The number of anilines is 1. The van der Waals surface area contributed by atoms with Crippen LogP contribution in [0.15, 0.2) is 12.3 Å². The molecule has 4 nitrogen and oxygen atoms in total. The Labute approximate surface area is 112 Å². The molecule has 1 amide bonds. The molecule has 0 saturated heterocycles. The number of halogens is 1. The first-order valence-electron chi connectivity index (χ1n) is 6.36. The molecule has 1 aromatic rings. The van der Waals surface area contributed by atoms with Crippen LogP contribution < -0.4 is 11.1 Å². The van der Waals surface area contributed by atoms with Gasteiger partial charge in [-0.3, -0.25) is 4.79 Å². The smallest absolute Gasteiger partial charge is 0.252 e. The van der Waals surface area contributed by atoms with Crippen molar-refractivity contribution in [2.75, 3.05) is 12.3 Å². The summed E-state index contributed by atoms with van der Waals surface area (Å²) >= 11 is 5.83. The summed E-state index contributed by atoms with van der Waals surface area (Å²) in [5.74, 6) is 0.889. The van der Waals surface area contributed by atoms with Gasteiger partial charge in [0.2, 0.25) is 0 Å². The number of amides is 1. The van der Waals surface area contributed by atoms with E-state index in [0.717, 1.165) is 12.3 Å². The van der Waals surface area contributed by atoms with Gasteiger partial charge in [0.15, 0.2) is 0 Å². The zero-order valence-electron chi connectivity index (χ0n) is 10.3. The number of hydrogen-bond acceptors (Lipinski definition) is 3. The topological polar surface area (TPSA) is 68.0 Å². The number of nitrogens with two attached hydrogens (primary N) is 1. The predicted octanol–water partition coefficient (Wildman–Crippen LogP) is 2.63. The van der Waals surface area contributed by atoms with Gasteiger partial charge >= 0.3 is 0 Å². The molecular weight excluding hydrogens is 250 g/mol. The second-order valence-corrected chi connectivity index (χ2v) is 5.19. The summed E-state index contributed by atoms with van der Waals surface area (Å²) in [6.07, 6.45) is 7.76. The van der Waals surface area contributed by atoms with Crippen LogP contribution in [0.25, 0.3) is 0 Å². The minimum atomic E-state index is -0.137. The lowest BCUT2D eigenvalue weighted by Crippen LogP contribution is -2.25. The van der Waals surface area contributed by atoms with E-state index in [4.69, 9.17) is 17.3 Å². The van der Waals surface area contributed by atoms with Crippen molar-refractivity contribution in [1.82, 2.24) is 10.3 Å². The summed E-state index contributed by atoms with van der Waals surface area (Å²) in [5.41, 5.74) is 5.96. The lowest BCUT2D eigenvalue weighted by atomic mass is 10.0. The van der Waals surface area contributed by atoms with Crippen LogP contribution in [0.5, 0.6) is 0 Å². The lowest BCUT2D eigenvalue weighted by Gasteiger charge is -2.10. The van der Waals surface area contributed by atoms with Crippen LogP contribution in [0.2, 0.25) is 5.02 Å². The van der Waals surface area contributed by atoms with Crippen LogP contribution >= 0.6 is 11.6 Å². The number of aromatic nitrogens is 1. The Hall–Kier alpha value is -1.29. The van der Waals surface area contributed by atoms with Crippen LogP contribution in [0.4, 0.5) is 5.82 Å². The van der Waals surface area contributed by atoms with Crippen molar-refractivity contribution in [3.05, 3.63) is 22.8 Å². The Morgan fingerprint density at radius 3 is 2.89 bits per heavy atom. The highest BCUT2D eigenvalue weighted by Crippen LogP contribution is 2.26. The zero-order valence-corrected chi connectivity index (χ0v) is 11.0. The van der Waals surface area contributed by atoms with E-state index in [-0.39, 0.29) is 11.7 Å². The molecule has 0 aromatic carbocycles. The molecule has 0 radical (unpaired) electrons. The van der Waals surface area contributed by atoms with Gasteiger partial charge < -0.3 is 11.1 Å². The highest BCUT2D eigenvalue weighted by atomic mass is 35.5. The first-order chi connectivity index (χ1) is 8.66. The summed E-state index contributed by atoms with van der Waals surface area (Å²) in [6.45, 7) is 0.714. The maximum atomic E-state index is 11.8. The molecule has 2 rings (SSSR count). The number of nitrogens with zero attached hydrogens (tertiary/aromatic N) is 1. The van der Waals surface area contributed by atoms with Crippen LogP contribution in [0.1, 0.15) is 42.5 Å². The standard InChI is InChI=1S/C13H18ClN3O/c14-11-7-10(8-17-12(11)15)13(18)16-6-5-9-3-1-2-4-9/h7-9H,1-6H2,(H2,15,17)(H,16,18). The Morgan fingerprint density at radius 1 is 1.50 bits per heavy atom. The molecule has 1 saturated carbocycles. The molecule has 0 atom stereocenters. The van der Waals surface area contributed by atoms with Gasteiger partial charge in [-0.15, -0.1) is 0 Å². The Balaban J connectivity index is 1.81. The number of nitrogens with one attached hydrogen (secondary N) is 1. The molecule has 98 valence electrons. The predicted molar refractivity (Wildman–Crippen MR) is 72.6 cm³/mol. The largest absolute Gasteiger partial charge is 0.382 e. The molecule has 18 heavy (non-hydrogen) atoms. The summed E-state index contributed by atoms with van der Waals surface area (Å²) < 4.78 is 0. The van der Waals surface area contributed by atoms with E-state index < -0.39 is 0 Å². The first kappa shape index (κ1) is 13.1. The van der Waals surface area contributed by atoms with E-state index in [2.05, 4.69) is 10.3 Å². The van der Waals surface area contributed by atoms with Gasteiger partial charge in [0.05, 0.1) is 10.6 Å². The molecule has 1 aromatic heterocycles. The fourth-order valence-corrected chi connectivity index (χ4v) is 2.53. The second-order valence-electron chi connectivity index (χ2n) is 4.79. The third-order valence-electron chi connectivity index (χ3n) is 3.44. The Bertz CT molecular complexity index is 430. The molecule has 1 fully saturated rings. The van der Waals surface area contributed by atoms with Gasteiger partial charge in [0, 0.05) is 12.7 Å². The third-order valence-corrected chi connectivity index (χ3v) is 3.75. The number of hydrogen-bond donors (Lipinski definition) is 2. The van der Waals surface area contributed by atoms with Crippen molar-refractivity contribution < 1.29 is 4.79 Å². The van der Waals surface area contributed by atoms with Crippen molar-refractivity contribution in [2.45, 2.75) is 32.1 Å². The molecule has 0 spiro atoms. The quantitative estimate of drug-likeness (QED) is 0.881. The van der Waals surface area contributed by atoms with Crippen LogP contribution in [0, 0.1) is 5.92 Å². The summed E-state index contributed by atoms with van der Waals surface area (Å²) in [6, 6.07) is 1.55. The normalized spacial score (nSPS) is 15.8. The monoisotopic (exact) mass is 267 g/mol. The molecule has 0 unspecified atom stereocenters. The minimum Gasteiger partial charge on any atom is -0.382 e. The number of carbonyl (C=O) groups is 1. The van der Waals surface area contributed by atoms with Crippen molar-refractivity contribution in [2.24, 2.45) is 5.92 Å². The van der Waals surface area contributed by atoms with Gasteiger partial charge in [0.25, 0.3) is 5.91 Å². The number of pyridine rings is 1. The van der Waals surface area contributed by atoms with Crippen LogP contribution in [0.3, 0.4) is 0 Å². The number of rotatable bonds is 4. The van der Waals surface area contributed by atoms with Crippen LogP contribution in [-0.2, 0) is 0 Å². The molecule has 1 aliphatic rings. The van der Waals surface area contributed by atoms with Gasteiger partial charge in [-0.05, 0) is 18.4 Å². The number of nitrogen functional groups attached to an aromatic ring is 1. The molecule has 0 aliphatic heterocycles. The van der Waals surface area contributed by atoms with E-state index in [1.54, 1.807) is 6.07 Å². The van der Waals surface area contributed by atoms with Gasteiger partial charge in [-0.25, -0.2) is 4.98 Å². The molecule has 3 N–H and O–H groups in total. The highest BCUT2D eigenvalue weighted by molar-refractivity contribution is 6.33. The minimum absolute atomic E-state index is 0.137. The Kier molecular flexibility index (Phi) is 4.42. The van der Waals surface area contributed by atoms with Crippen molar-refractivity contribution in [1.29, 1.82) is 0 Å². The molecule has 0 bridgehead atoms. The number of carbonyl (C=O) groups excluding carboxylic acids is 1. The average Bonchev–Trinajstić information content (AvgIpc) is 2.85. The lowest BCUT2D eigenvalue weighted by molar-refractivity contribution is 0.0951. The van der Waals surface area contributed by atoms with Crippen molar-refractivity contribution >= 4 is 23.3 Å². The first-order valence-corrected chi connectivity index (χ1v) is 6.74. The van der Waals surface area contributed by atoms with Gasteiger partial charge in [-0.2, -0.15) is 0 Å². The van der Waals surface area contributed by atoms with Crippen LogP contribution in [-0.4, -0.2) is 17.4 Å². The average molecular weight is 268 g/mol. The van der Waals surface area contributed by atoms with Crippen molar-refractivity contribution in [3.63, 3.8) is 0 Å². The van der Waals surface area contributed by atoms with Gasteiger partial charge in [-0.1, -0.05) is 37.3 Å². The summed E-state index contributed by atoms with van der Waals surface area (Å²) in [4.78, 5) is 15.7. The zero-order chi connectivity index (χ0) is 13.0. The fraction of sp³-hybridized carbons (Fsp3) is 0.538. The van der Waals surface area contributed by atoms with Gasteiger partial charge in [0.1, 0.15) is 5.82 Å². The Morgan fingerprint density at radius 2 is 2.22 bits per heavy atom. The maximum absolute atomic E-state index is 11.8. The summed E-state index contributed by atoms with van der Waals surface area (Å²) in [7, 11) is 0. The van der Waals surface area contributed by atoms with E-state index in [0.29, 0.717) is 17.1 Å². The van der Waals surface area contributed by atoms with E-state index in [9.17, 15) is 4.79 Å². The molecule has 1 heterocycles. The molecule has 1 aliphatic carbocycles. The fourth-order valence-electron chi connectivity index (χ4n) is 2.36. The molecular formula is C13H18ClN3O. The van der Waals surface area contributed by atoms with E-state index in [1.807, 2.05) is 0 Å². The SMILES string of the molecule is Nc1ncc(C(=O)NCCC2CCCC2)cc1Cl. The maximum Gasteiger partial charge on any atom is 0.252 e. The molecule has 5 heteroatoms. The third kappa shape index (κ3) is 3.35.